The van der Waals surface area contributed by atoms with Gasteiger partial charge in [0.1, 0.15) is 17.7 Å². The number of fused-ring (bicyclic) bond motifs is 1. The van der Waals surface area contributed by atoms with Crippen LogP contribution in [0.5, 0.6) is 0 Å². The van der Waals surface area contributed by atoms with E-state index in [9.17, 15) is 0 Å². The summed E-state index contributed by atoms with van der Waals surface area (Å²) in [7, 11) is 2.14. The van der Waals surface area contributed by atoms with E-state index in [1.54, 1.807) is 12.4 Å². The molecule has 2 N–H and O–H groups in total. The summed E-state index contributed by atoms with van der Waals surface area (Å²) in [6.45, 7) is 6.84. The number of anilines is 3. The van der Waals surface area contributed by atoms with E-state index >= 15 is 0 Å². The van der Waals surface area contributed by atoms with E-state index in [2.05, 4.69) is 72.9 Å². The lowest BCUT2D eigenvalue weighted by atomic mass is 9.92. The van der Waals surface area contributed by atoms with Crippen molar-refractivity contribution in [3.8, 4) is 17.2 Å². The molecule has 3 aromatic rings. The number of hydrogen-bond acceptors (Lipinski definition) is 9. The highest BCUT2D eigenvalue weighted by molar-refractivity contribution is 5.65. The number of piperazine rings is 1. The van der Waals surface area contributed by atoms with Crippen LogP contribution in [0.3, 0.4) is 0 Å². The third-order valence-electron chi connectivity index (χ3n) is 6.52. The van der Waals surface area contributed by atoms with E-state index in [1.165, 1.54) is 11.1 Å². The number of nitrogens with two attached hydrogens (primary N) is 1. The Morgan fingerprint density at radius 2 is 1.70 bits per heavy atom. The molecule has 2 aromatic heterocycles. The molecule has 0 bridgehead atoms. The molecule has 5 rings (SSSR count). The summed E-state index contributed by atoms with van der Waals surface area (Å²) in [6.07, 6.45) is 4.32. The summed E-state index contributed by atoms with van der Waals surface area (Å²) in [5.41, 5.74) is 10.6. The minimum Gasteiger partial charge on any atom is -0.368 e. The molecule has 0 amide bonds. The standard InChI is InChI=1S/C24H27N9/c1-16-9-17-3-4-18(20-13-27-21(12-25)28-14-20)10-19(17)15-33(16)23-11-22(29-24(26)30-23)32-7-5-31(2)6-8-32/h3-4,10-11,13-14,16H,5-9,15H2,1-2H3,(H2,26,29,30). The predicted molar refractivity (Wildman–Crippen MR) is 128 cm³/mol. The van der Waals surface area contributed by atoms with Crippen LogP contribution in [0.2, 0.25) is 0 Å². The maximum atomic E-state index is 8.95. The molecule has 1 fully saturated rings. The van der Waals surface area contributed by atoms with Crippen LogP contribution in [-0.2, 0) is 13.0 Å². The van der Waals surface area contributed by atoms with Gasteiger partial charge in [-0.2, -0.15) is 15.2 Å². The number of rotatable bonds is 3. The third-order valence-corrected chi connectivity index (χ3v) is 6.52. The molecule has 33 heavy (non-hydrogen) atoms. The smallest absolute Gasteiger partial charge is 0.232 e. The largest absolute Gasteiger partial charge is 0.368 e. The lowest BCUT2D eigenvalue weighted by molar-refractivity contribution is 0.312. The Morgan fingerprint density at radius 1 is 0.970 bits per heavy atom. The molecule has 1 saturated heterocycles. The first-order valence-electron chi connectivity index (χ1n) is 11.2. The molecule has 2 aliphatic heterocycles. The van der Waals surface area contributed by atoms with Gasteiger partial charge in [-0.05, 0) is 43.1 Å². The van der Waals surface area contributed by atoms with Gasteiger partial charge in [-0.25, -0.2) is 9.97 Å². The minimum atomic E-state index is 0.175. The molecular formula is C24H27N9. The van der Waals surface area contributed by atoms with Crippen molar-refractivity contribution >= 4 is 17.6 Å². The van der Waals surface area contributed by atoms with Crippen LogP contribution in [0.4, 0.5) is 17.6 Å². The van der Waals surface area contributed by atoms with Gasteiger partial charge in [0, 0.05) is 62.8 Å². The van der Waals surface area contributed by atoms with Crippen molar-refractivity contribution in [2.45, 2.75) is 25.9 Å². The fourth-order valence-corrected chi connectivity index (χ4v) is 4.55. The number of nitrogens with zero attached hydrogens (tertiary/aromatic N) is 8. The van der Waals surface area contributed by atoms with E-state index in [0.29, 0.717) is 5.95 Å². The zero-order valence-electron chi connectivity index (χ0n) is 18.9. The Hall–Kier alpha value is -3.77. The highest BCUT2D eigenvalue weighted by atomic mass is 15.3. The van der Waals surface area contributed by atoms with Crippen molar-refractivity contribution < 1.29 is 0 Å². The Kier molecular flexibility index (Phi) is 5.52. The highest BCUT2D eigenvalue weighted by Crippen LogP contribution is 2.32. The van der Waals surface area contributed by atoms with Crippen LogP contribution in [0.25, 0.3) is 11.1 Å². The fourth-order valence-electron chi connectivity index (χ4n) is 4.55. The first-order valence-corrected chi connectivity index (χ1v) is 11.2. The van der Waals surface area contributed by atoms with Gasteiger partial charge in [0.2, 0.25) is 11.8 Å². The second-order valence-corrected chi connectivity index (χ2v) is 8.80. The zero-order valence-corrected chi connectivity index (χ0v) is 18.9. The van der Waals surface area contributed by atoms with E-state index in [4.69, 9.17) is 11.0 Å². The van der Waals surface area contributed by atoms with Crippen molar-refractivity contribution in [3.05, 3.63) is 53.6 Å². The van der Waals surface area contributed by atoms with Gasteiger partial charge in [0.15, 0.2) is 0 Å². The van der Waals surface area contributed by atoms with Gasteiger partial charge in [-0.3, -0.25) is 0 Å². The molecule has 1 aromatic carbocycles. The minimum absolute atomic E-state index is 0.175. The summed E-state index contributed by atoms with van der Waals surface area (Å²) >= 11 is 0. The van der Waals surface area contributed by atoms with Gasteiger partial charge < -0.3 is 20.4 Å². The van der Waals surface area contributed by atoms with Gasteiger partial charge in [0.25, 0.3) is 0 Å². The number of nitriles is 1. The summed E-state index contributed by atoms with van der Waals surface area (Å²) < 4.78 is 0. The molecule has 4 heterocycles. The molecule has 1 atom stereocenters. The third kappa shape index (κ3) is 4.30. The maximum Gasteiger partial charge on any atom is 0.232 e. The molecule has 1 unspecified atom stereocenters. The summed E-state index contributed by atoms with van der Waals surface area (Å²) in [6, 6.07) is 10.8. The van der Waals surface area contributed by atoms with Gasteiger partial charge in [-0.15, -0.1) is 0 Å². The van der Waals surface area contributed by atoms with Crippen LogP contribution < -0.4 is 15.5 Å². The normalized spacial score (nSPS) is 18.6. The summed E-state index contributed by atoms with van der Waals surface area (Å²) in [5.74, 6) is 2.24. The average molecular weight is 442 g/mol. The Labute approximate surface area is 193 Å². The summed E-state index contributed by atoms with van der Waals surface area (Å²) in [4.78, 5) is 24.2. The summed E-state index contributed by atoms with van der Waals surface area (Å²) in [5, 5.41) is 8.95. The van der Waals surface area contributed by atoms with E-state index in [0.717, 1.165) is 61.9 Å². The first kappa shape index (κ1) is 21.1. The molecule has 2 aliphatic rings. The topological polar surface area (TPSA) is 111 Å². The number of hydrogen-bond donors (Lipinski definition) is 1. The molecule has 0 spiro atoms. The molecule has 0 radical (unpaired) electrons. The van der Waals surface area contributed by atoms with Crippen LogP contribution in [0.1, 0.15) is 23.9 Å². The average Bonchev–Trinajstić information content (AvgIpc) is 2.83. The Morgan fingerprint density at radius 3 is 2.42 bits per heavy atom. The zero-order chi connectivity index (χ0) is 22.9. The maximum absolute atomic E-state index is 8.95. The first-order chi connectivity index (χ1) is 16.0. The molecule has 9 nitrogen and oxygen atoms in total. The second kappa shape index (κ2) is 8.64. The Bertz CT molecular complexity index is 1190. The number of aromatic nitrogens is 4. The SMILES string of the molecule is CC1Cc2ccc(-c3cnc(C#N)nc3)cc2CN1c1cc(N2CCN(C)CC2)nc(N)n1. The van der Waals surface area contributed by atoms with Crippen molar-refractivity contribution in [2.24, 2.45) is 0 Å². The van der Waals surface area contributed by atoms with Crippen LogP contribution in [-0.4, -0.2) is 64.1 Å². The predicted octanol–water partition coefficient (Wildman–Crippen LogP) is 2.09. The monoisotopic (exact) mass is 441 g/mol. The van der Waals surface area contributed by atoms with E-state index in [-0.39, 0.29) is 11.9 Å². The van der Waals surface area contributed by atoms with Crippen molar-refractivity contribution in [1.29, 1.82) is 5.26 Å². The highest BCUT2D eigenvalue weighted by Gasteiger charge is 2.26. The number of likely N-dealkylation sites (N-methyl/N-ethyl adjacent to an activating group) is 1. The molecule has 9 heteroatoms. The van der Waals surface area contributed by atoms with Crippen molar-refractivity contribution in [3.63, 3.8) is 0 Å². The number of benzene rings is 1. The van der Waals surface area contributed by atoms with Crippen LogP contribution in [0.15, 0.2) is 36.7 Å². The van der Waals surface area contributed by atoms with Gasteiger partial charge in [-0.1, -0.05) is 12.1 Å². The lowest BCUT2D eigenvalue weighted by Crippen LogP contribution is -2.45. The van der Waals surface area contributed by atoms with E-state index in [1.807, 2.05) is 6.07 Å². The van der Waals surface area contributed by atoms with Crippen LogP contribution >= 0.6 is 0 Å². The fraction of sp³-hybridized carbons (Fsp3) is 0.375. The molecule has 168 valence electrons. The quantitative estimate of drug-likeness (QED) is 0.653. The van der Waals surface area contributed by atoms with E-state index < -0.39 is 0 Å². The molecule has 0 aliphatic carbocycles. The van der Waals surface area contributed by atoms with Gasteiger partial charge >= 0.3 is 0 Å². The van der Waals surface area contributed by atoms with Crippen molar-refractivity contribution in [2.75, 3.05) is 48.8 Å². The van der Waals surface area contributed by atoms with Crippen LogP contribution in [0, 0.1) is 11.3 Å². The number of nitrogen functional groups attached to an aromatic ring is 1. The molecular weight excluding hydrogens is 414 g/mol. The molecule has 0 saturated carbocycles. The van der Waals surface area contributed by atoms with Crippen molar-refractivity contribution in [1.82, 2.24) is 24.8 Å². The van der Waals surface area contributed by atoms with Gasteiger partial charge in [0.05, 0.1) is 0 Å². The second-order valence-electron chi connectivity index (χ2n) is 8.80. The Balaban J connectivity index is 1.43. The lowest BCUT2D eigenvalue weighted by Gasteiger charge is -2.37.